The molecule has 0 radical (unpaired) electrons. The van der Waals surface area contributed by atoms with E-state index in [1.54, 1.807) is 24.3 Å². The van der Waals surface area contributed by atoms with E-state index in [0.717, 1.165) is 5.56 Å². The zero-order valence-electron chi connectivity index (χ0n) is 21.1. The zero-order valence-corrected chi connectivity index (χ0v) is 21.1. The molecule has 0 bridgehead atoms. The van der Waals surface area contributed by atoms with Crippen LogP contribution >= 0.6 is 0 Å². The second kappa shape index (κ2) is 19.2. The van der Waals surface area contributed by atoms with Crippen molar-refractivity contribution in [1.29, 1.82) is 0 Å². The van der Waals surface area contributed by atoms with Crippen molar-refractivity contribution in [1.82, 2.24) is 0 Å². The van der Waals surface area contributed by atoms with Gasteiger partial charge in [0, 0.05) is 25.7 Å². The second-order valence-corrected chi connectivity index (χ2v) is 8.33. The Labute approximate surface area is 220 Å². The normalized spacial score (nSPS) is 11.2. The van der Waals surface area contributed by atoms with E-state index in [2.05, 4.69) is 0 Å². The third kappa shape index (κ3) is 17.5. The van der Waals surface area contributed by atoms with E-state index in [0.29, 0.717) is 12.8 Å². The molecule has 0 heterocycles. The van der Waals surface area contributed by atoms with Gasteiger partial charge in [0.05, 0.1) is 12.8 Å². The van der Waals surface area contributed by atoms with Crippen LogP contribution in [0.25, 0.3) is 0 Å². The summed E-state index contributed by atoms with van der Waals surface area (Å²) >= 11 is 0. The number of carboxylic acids is 2. The Morgan fingerprint density at radius 1 is 0.579 bits per heavy atom. The van der Waals surface area contributed by atoms with E-state index in [-0.39, 0.29) is 58.0 Å². The fourth-order valence-electron chi connectivity index (χ4n) is 2.98. The van der Waals surface area contributed by atoms with Gasteiger partial charge >= 0.3 is 35.8 Å². The highest BCUT2D eigenvalue weighted by atomic mass is 16.6. The van der Waals surface area contributed by atoms with Gasteiger partial charge in [0.2, 0.25) is 0 Å². The molecular weight excluding hydrogens is 504 g/mol. The first-order valence-electron chi connectivity index (χ1n) is 12.3. The molecule has 0 unspecified atom stereocenters. The number of unbranched alkanes of at least 4 members (excludes halogenated alkanes) is 2. The molecule has 1 aromatic carbocycles. The maximum absolute atomic E-state index is 12.1. The third-order valence-electron chi connectivity index (χ3n) is 4.98. The van der Waals surface area contributed by atoms with Gasteiger partial charge < -0.3 is 29.2 Å². The molecule has 0 saturated heterocycles. The molecule has 0 aliphatic carbocycles. The monoisotopic (exact) mass is 538 g/mol. The number of aliphatic carboxylic acids is 2. The fourth-order valence-corrected chi connectivity index (χ4v) is 2.98. The second-order valence-electron chi connectivity index (χ2n) is 8.33. The maximum atomic E-state index is 12.1. The lowest BCUT2D eigenvalue weighted by Gasteiger charge is -2.18. The zero-order chi connectivity index (χ0) is 28.2. The first kappa shape index (κ1) is 32.1. The van der Waals surface area contributed by atoms with Crippen LogP contribution in [0.15, 0.2) is 30.3 Å². The smallest absolute Gasteiger partial charge is 0.306 e. The molecular formula is C26H34O12. The number of esters is 4. The topological polar surface area (TPSA) is 180 Å². The summed E-state index contributed by atoms with van der Waals surface area (Å²) in [5.74, 6) is -4.61. The Morgan fingerprint density at radius 2 is 1.03 bits per heavy atom. The van der Waals surface area contributed by atoms with Crippen LogP contribution in [0.3, 0.4) is 0 Å². The summed E-state index contributed by atoms with van der Waals surface area (Å²) in [6, 6.07) is 9.01. The molecule has 12 heteroatoms. The highest BCUT2D eigenvalue weighted by Gasteiger charge is 2.20. The van der Waals surface area contributed by atoms with Gasteiger partial charge in [0.1, 0.15) is 19.8 Å². The lowest BCUT2D eigenvalue weighted by atomic mass is 10.2. The van der Waals surface area contributed by atoms with Crippen molar-refractivity contribution in [3.8, 4) is 0 Å². The number of carboxylic acid groups (broad SMARTS) is 2. The van der Waals surface area contributed by atoms with E-state index < -0.39 is 55.1 Å². The van der Waals surface area contributed by atoms with Gasteiger partial charge in [0.15, 0.2) is 6.10 Å². The quantitative estimate of drug-likeness (QED) is 0.141. The molecule has 0 spiro atoms. The molecule has 0 aliphatic heterocycles. The Hall–Kier alpha value is -3.96. The van der Waals surface area contributed by atoms with Gasteiger partial charge in [-0.25, -0.2) is 0 Å². The molecule has 0 saturated carbocycles. The molecule has 2 N–H and O–H groups in total. The van der Waals surface area contributed by atoms with Crippen molar-refractivity contribution in [2.24, 2.45) is 0 Å². The highest BCUT2D eigenvalue weighted by molar-refractivity contribution is 5.77. The first-order valence-corrected chi connectivity index (χ1v) is 12.3. The molecule has 1 rings (SSSR count). The molecule has 210 valence electrons. The lowest BCUT2D eigenvalue weighted by Crippen LogP contribution is -2.31. The number of ether oxygens (including phenoxy) is 4. The van der Waals surface area contributed by atoms with E-state index in [4.69, 9.17) is 29.2 Å². The molecule has 0 amide bonds. The summed E-state index contributed by atoms with van der Waals surface area (Å²) in [5, 5.41) is 17.3. The molecule has 38 heavy (non-hydrogen) atoms. The van der Waals surface area contributed by atoms with Gasteiger partial charge in [-0.2, -0.15) is 0 Å². The number of rotatable bonds is 20. The average Bonchev–Trinajstić information content (AvgIpc) is 2.88. The number of carbonyl (C=O) groups is 6. The molecule has 0 fully saturated rings. The van der Waals surface area contributed by atoms with Gasteiger partial charge in [0.25, 0.3) is 0 Å². The van der Waals surface area contributed by atoms with Gasteiger partial charge in [-0.3, -0.25) is 28.8 Å². The van der Waals surface area contributed by atoms with Gasteiger partial charge in [-0.05, 0) is 31.2 Å². The summed E-state index contributed by atoms with van der Waals surface area (Å²) in [6.07, 6.45) is -0.743. The minimum atomic E-state index is -1.11. The van der Waals surface area contributed by atoms with E-state index in [1.807, 2.05) is 6.07 Å². The maximum Gasteiger partial charge on any atom is 0.306 e. The van der Waals surface area contributed by atoms with Crippen LogP contribution in [0, 0.1) is 0 Å². The standard InChI is InChI=1S/C26H34O12/c27-21(28)10-4-6-12-23(31)36-17-20(38-26(34)13-7-5-11-22(29)30)18-37-25(33)15-14-24(32)35-16-19-8-2-1-3-9-19/h1-3,8-9,20H,4-7,10-18H2,(H,27,28)(H,29,30)/t20-/m1/s1. The predicted octanol–water partition coefficient (Wildman–Crippen LogP) is 2.80. The Bertz CT molecular complexity index is 912. The third-order valence-corrected chi connectivity index (χ3v) is 4.98. The van der Waals surface area contributed by atoms with Crippen LogP contribution in [-0.4, -0.2) is 65.3 Å². The minimum absolute atomic E-state index is 0.0337. The number of carbonyl (C=O) groups excluding carboxylic acids is 4. The largest absolute Gasteiger partial charge is 0.481 e. The number of benzene rings is 1. The van der Waals surface area contributed by atoms with Crippen LogP contribution in [-0.2, 0) is 54.3 Å². The van der Waals surface area contributed by atoms with Crippen molar-refractivity contribution in [3.05, 3.63) is 35.9 Å². The van der Waals surface area contributed by atoms with Gasteiger partial charge in [-0.15, -0.1) is 0 Å². The fraction of sp³-hybridized carbons (Fsp3) is 0.538. The van der Waals surface area contributed by atoms with Crippen LogP contribution in [0.5, 0.6) is 0 Å². The molecule has 0 aromatic heterocycles. The van der Waals surface area contributed by atoms with Crippen molar-refractivity contribution < 1.29 is 57.9 Å². The minimum Gasteiger partial charge on any atom is -0.481 e. The van der Waals surface area contributed by atoms with E-state index in [1.165, 1.54) is 0 Å². The van der Waals surface area contributed by atoms with Crippen molar-refractivity contribution in [3.63, 3.8) is 0 Å². The summed E-state index contributed by atoms with van der Waals surface area (Å²) in [4.78, 5) is 69.1. The summed E-state index contributed by atoms with van der Waals surface area (Å²) in [7, 11) is 0. The van der Waals surface area contributed by atoms with Crippen LogP contribution < -0.4 is 0 Å². The molecule has 1 atom stereocenters. The lowest BCUT2D eigenvalue weighted by molar-refractivity contribution is -0.167. The number of hydrogen-bond donors (Lipinski definition) is 2. The van der Waals surface area contributed by atoms with Crippen LogP contribution in [0.2, 0.25) is 0 Å². The SMILES string of the molecule is O=C(O)CCCCC(=O)OC[C@H](COC(=O)CCC(=O)OCc1ccccc1)OC(=O)CCCCC(=O)O. The van der Waals surface area contributed by atoms with Crippen molar-refractivity contribution >= 4 is 35.8 Å². The molecule has 12 nitrogen and oxygen atoms in total. The first-order chi connectivity index (χ1) is 18.2. The van der Waals surface area contributed by atoms with Gasteiger partial charge in [-0.1, -0.05) is 30.3 Å². The molecule has 1 aromatic rings. The van der Waals surface area contributed by atoms with Crippen LogP contribution in [0.1, 0.15) is 69.8 Å². The molecule has 0 aliphatic rings. The summed E-state index contributed by atoms with van der Waals surface area (Å²) in [5.41, 5.74) is 0.799. The van der Waals surface area contributed by atoms with Crippen LogP contribution in [0.4, 0.5) is 0 Å². The highest BCUT2D eigenvalue weighted by Crippen LogP contribution is 2.08. The summed E-state index contributed by atoms with van der Waals surface area (Å²) < 4.78 is 20.5. The average molecular weight is 539 g/mol. The Kier molecular flexibility index (Phi) is 16.2. The van der Waals surface area contributed by atoms with E-state index in [9.17, 15) is 28.8 Å². The Balaban J connectivity index is 2.45. The van der Waals surface area contributed by atoms with E-state index >= 15 is 0 Å². The Morgan fingerprint density at radius 3 is 1.55 bits per heavy atom. The number of hydrogen-bond acceptors (Lipinski definition) is 10. The van der Waals surface area contributed by atoms with Crippen molar-refractivity contribution in [2.75, 3.05) is 13.2 Å². The van der Waals surface area contributed by atoms with Crippen molar-refractivity contribution in [2.45, 2.75) is 76.9 Å². The predicted molar refractivity (Wildman–Crippen MR) is 129 cm³/mol. The summed E-state index contributed by atoms with van der Waals surface area (Å²) in [6.45, 7) is -0.753.